The number of hydrogen-bond acceptors (Lipinski definition) is 4. The second-order valence-corrected chi connectivity index (χ2v) is 4.95. The summed E-state index contributed by atoms with van der Waals surface area (Å²) >= 11 is 0. The number of hydrogen-bond donors (Lipinski definition) is 0. The van der Waals surface area contributed by atoms with Crippen LogP contribution in [0.25, 0.3) is 0 Å². The van der Waals surface area contributed by atoms with Crippen molar-refractivity contribution >= 4 is 11.9 Å². The average Bonchev–Trinajstić information content (AvgIpc) is 2.95. The van der Waals surface area contributed by atoms with Gasteiger partial charge in [0.1, 0.15) is 5.76 Å². The minimum absolute atomic E-state index is 0.0513. The van der Waals surface area contributed by atoms with Crippen molar-refractivity contribution in [3.8, 4) is 0 Å². The quantitative estimate of drug-likeness (QED) is 0.793. The number of ether oxygens (including phenoxy) is 1. The maximum Gasteiger partial charge on any atom is 0.310 e. The molecule has 2 heterocycles. The molecule has 0 aliphatic carbocycles. The van der Waals surface area contributed by atoms with Crippen LogP contribution in [-0.2, 0) is 16.0 Å². The summed E-state index contributed by atoms with van der Waals surface area (Å²) in [7, 11) is 0. The van der Waals surface area contributed by atoms with Gasteiger partial charge < -0.3 is 14.1 Å². The van der Waals surface area contributed by atoms with Crippen molar-refractivity contribution in [3.63, 3.8) is 0 Å². The number of carbonyl (C=O) groups excluding carboxylic acids is 2. The first-order valence-electron chi connectivity index (χ1n) is 7.19. The van der Waals surface area contributed by atoms with Gasteiger partial charge in [-0.25, -0.2) is 0 Å². The monoisotopic (exact) mass is 279 g/mol. The zero-order chi connectivity index (χ0) is 14.5. The molecule has 1 aromatic rings. The van der Waals surface area contributed by atoms with E-state index in [1.54, 1.807) is 24.2 Å². The van der Waals surface area contributed by atoms with Crippen LogP contribution in [0.5, 0.6) is 0 Å². The summed E-state index contributed by atoms with van der Waals surface area (Å²) in [6.07, 6.45) is 3.84. The van der Waals surface area contributed by atoms with Gasteiger partial charge in [-0.1, -0.05) is 6.92 Å². The van der Waals surface area contributed by atoms with Gasteiger partial charge in [0.15, 0.2) is 0 Å². The average molecular weight is 279 g/mol. The first-order valence-corrected chi connectivity index (χ1v) is 7.19. The van der Waals surface area contributed by atoms with Gasteiger partial charge in [0.25, 0.3) is 5.91 Å². The second-order valence-electron chi connectivity index (χ2n) is 4.95. The van der Waals surface area contributed by atoms with Crippen molar-refractivity contribution in [2.75, 3.05) is 19.7 Å². The van der Waals surface area contributed by atoms with E-state index < -0.39 is 0 Å². The lowest BCUT2D eigenvalue weighted by Crippen LogP contribution is -2.43. The fraction of sp³-hybridized carbons (Fsp3) is 0.600. The van der Waals surface area contributed by atoms with E-state index in [0.717, 1.165) is 12.8 Å². The molecule has 1 aliphatic heterocycles. The molecule has 5 nitrogen and oxygen atoms in total. The molecule has 5 heteroatoms. The lowest BCUT2D eigenvalue weighted by Gasteiger charge is -2.31. The van der Waals surface area contributed by atoms with Crippen LogP contribution in [0.2, 0.25) is 0 Å². The van der Waals surface area contributed by atoms with Crippen molar-refractivity contribution in [3.05, 3.63) is 23.7 Å². The van der Waals surface area contributed by atoms with Crippen LogP contribution in [0.3, 0.4) is 0 Å². The molecule has 1 atom stereocenters. The fourth-order valence-electron chi connectivity index (χ4n) is 2.59. The summed E-state index contributed by atoms with van der Waals surface area (Å²) in [5.41, 5.74) is 0.608. The Hall–Kier alpha value is -1.78. The van der Waals surface area contributed by atoms with E-state index >= 15 is 0 Å². The van der Waals surface area contributed by atoms with Crippen molar-refractivity contribution in [1.82, 2.24) is 4.90 Å². The van der Waals surface area contributed by atoms with E-state index in [1.807, 2.05) is 6.92 Å². The molecule has 1 aliphatic rings. The van der Waals surface area contributed by atoms with Crippen LogP contribution < -0.4 is 0 Å². The van der Waals surface area contributed by atoms with Gasteiger partial charge in [-0.05, 0) is 25.8 Å². The summed E-state index contributed by atoms with van der Waals surface area (Å²) in [4.78, 5) is 26.0. The SMILES string of the molecule is CCOC(=O)[C@H]1CCCN(C(=O)c2ccoc2CC)C1. The molecule has 1 fully saturated rings. The van der Waals surface area contributed by atoms with Crippen LogP contribution in [0.15, 0.2) is 16.7 Å². The van der Waals surface area contributed by atoms with Gasteiger partial charge in [-0.3, -0.25) is 9.59 Å². The van der Waals surface area contributed by atoms with Crippen LogP contribution in [0.1, 0.15) is 42.8 Å². The highest BCUT2D eigenvalue weighted by Crippen LogP contribution is 2.21. The fourth-order valence-corrected chi connectivity index (χ4v) is 2.59. The minimum Gasteiger partial charge on any atom is -0.469 e. The molecule has 0 radical (unpaired) electrons. The molecule has 0 bridgehead atoms. The smallest absolute Gasteiger partial charge is 0.310 e. The Bertz CT molecular complexity index is 480. The molecule has 0 unspecified atom stereocenters. The third kappa shape index (κ3) is 3.03. The molecule has 1 aromatic heterocycles. The zero-order valence-electron chi connectivity index (χ0n) is 12.1. The van der Waals surface area contributed by atoms with Gasteiger partial charge in [0.2, 0.25) is 0 Å². The number of nitrogens with zero attached hydrogens (tertiary/aromatic N) is 1. The topological polar surface area (TPSA) is 59.8 Å². The van der Waals surface area contributed by atoms with Crippen LogP contribution in [-0.4, -0.2) is 36.5 Å². The van der Waals surface area contributed by atoms with Gasteiger partial charge in [0.05, 0.1) is 24.4 Å². The van der Waals surface area contributed by atoms with E-state index in [0.29, 0.717) is 37.4 Å². The van der Waals surface area contributed by atoms with Crippen molar-refractivity contribution in [1.29, 1.82) is 0 Å². The summed E-state index contributed by atoms with van der Waals surface area (Å²) in [6, 6.07) is 1.70. The normalized spacial score (nSPS) is 18.9. The van der Waals surface area contributed by atoms with E-state index in [2.05, 4.69) is 0 Å². The van der Waals surface area contributed by atoms with Gasteiger partial charge in [-0.15, -0.1) is 0 Å². The Balaban J connectivity index is 2.05. The molecule has 1 saturated heterocycles. The summed E-state index contributed by atoms with van der Waals surface area (Å²) in [6.45, 7) is 5.25. The minimum atomic E-state index is -0.204. The van der Waals surface area contributed by atoms with Crippen LogP contribution in [0.4, 0.5) is 0 Å². The number of furan rings is 1. The zero-order valence-corrected chi connectivity index (χ0v) is 12.1. The first kappa shape index (κ1) is 14.6. The van der Waals surface area contributed by atoms with Crippen molar-refractivity contribution in [2.45, 2.75) is 33.1 Å². The molecule has 1 amide bonds. The molecule has 0 N–H and O–H groups in total. The van der Waals surface area contributed by atoms with Crippen molar-refractivity contribution < 1.29 is 18.7 Å². The second kappa shape index (κ2) is 6.59. The van der Waals surface area contributed by atoms with Crippen LogP contribution in [0, 0.1) is 5.92 Å². The standard InChI is InChI=1S/C15H21NO4/c1-3-13-12(7-9-20-13)14(17)16-8-5-6-11(10-16)15(18)19-4-2/h7,9,11H,3-6,8,10H2,1-2H3/t11-/m0/s1. The van der Waals surface area contributed by atoms with E-state index in [-0.39, 0.29) is 17.8 Å². The predicted molar refractivity (Wildman–Crippen MR) is 73.3 cm³/mol. The first-order chi connectivity index (χ1) is 9.67. The lowest BCUT2D eigenvalue weighted by molar-refractivity contribution is -0.149. The van der Waals surface area contributed by atoms with E-state index in [1.165, 1.54) is 0 Å². The molecule has 0 aromatic carbocycles. The van der Waals surface area contributed by atoms with Gasteiger partial charge >= 0.3 is 5.97 Å². The molecular weight excluding hydrogens is 258 g/mol. The highest BCUT2D eigenvalue weighted by Gasteiger charge is 2.30. The number of carbonyl (C=O) groups is 2. The van der Waals surface area contributed by atoms with E-state index in [9.17, 15) is 9.59 Å². The van der Waals surface area contributed by atoms with Crippen molar-refractivity contribution in [2.24, 2.45) is 5.92 Å². The molecule has 110 valence electrons. The molecular formula is C15H21NO4. The third-order valence-electron chi connectivity index (χ3n) is 3.63. The number of aryl methyl sites for hydroxylation is 1. The highest BCUT2D eigenvalue weighted by molar-refractivity contribution is 5.95. The highest BCUT2D eigenvalue weighted by atomic mass is 16.5. The summed E-state index contributed by atoms with van der Waals surface area (Å²) < 4.78 is 10.3. The number of piperidine rings is 1. The Kier molecular flexibility index (Phi) is 4.82. The number of esters is 1. The predicted octanol–water partition coefficient (Wildman–Crippen LogP) is 2.26. The Morgan fingerprint density at radius 3 is 2.95 bits per heavy atom. The number of likely N-dealkylation sites (tertiary alicyclic amines) is 1. The number of amides is 1. The maximum absolute atomic E-state index is 12.5. The number of rotatable bonds is 4. The largest absolute Gasteiger partial charge is 0.469 e. The van der Waals surface area contributed by atoms with Gasteiger partial charge in [-0.2, -0.15) is 0 Å². The molecule has 20 heavy (non-hydrogen) atoms. The van der Waals surface area contributed by atoms with Gasteiger partial charge in [0, 0.05) is 19.5 Å². The lowest BCUT2D eigenvalue weighted by atomic mass is 9.97. The van der Waals surface area contributed by atoms with E-state index in [4.69, 9.17) is 9.15 Å². The Labute approximate surface area is 118 Å². The molecule has 0 spiro atoms. The summed E-state index contributed by atoms with van der Waals surface area (Å²) in [5, 5.41) is 0. The maximum atomic E-state index is 12.5. The Morgan fingerprint density at radius 1 is 1.45 bits per heavy atom. The van der Waals surface area contributed by atoms with Crippen LogP contribution >= 0.6 is 0 Å². The Morgan fingerprint density at radius 2 is 2.25 bits per heavy atom. The molecule has 2 rings (SSSR count). The summed E-state index contributed by atoms with van der Waals surface area (Å²) in [5.74, 6) is 0.246. The molecule has 0 saturated carbocycles. The third-order valence-corrected chi connectivity index (χ3v) is 3.63.